The third-order valence-electron chi connectivity index (χ3n) is 2.36. The van der Waals surface area contributed by atoms with Gasteiger partial charge in [0.2, 0.25) is 0 Å². The van der Waals surface area contributed by atoms with Crippen molar-refractivity contribution in [3.63, 3.8) is 0 Å². The summed E-state index contributed by atoms with van der Waals surface area (Å²) in [5.41, 5.74) is 0.848. The number of hydrogen-bond donors (Lipinski definition) is 1. The van der Waals surface area contributed by atoms with Crippen LogP contribution in [0, 0.1) is 6.92 Å². The minimum absolute atomic E-state index is 0.0470. The van der Waals surface area contributed by atoms with Crippen LogP contribution in [0.5, 0.6) is 0 Å². The normalized spacial score (nSPS) is 11.5. The van der Waals surface area contributed by atoms with Gasteiger partial charge in [-0.1, -0.05) is 11.6 Å². The summed E-state index contributed by atoms with van der Waals surface area (Å²) >= 11 is 5.66. The largest absolute Gasteiger partial charge is 0.271 e. The SMILES string of the molecule is Cc1cc(NS(=O)(=O)c2ccnc(Cl)c2)nn1C. The number of sulfonamides is 1. The third kappa shape index (κ3) is 2.62. The standard InChI is InChI=1S/C10H11ClN4O2S/c1-7-5-10(13-15(7)2)14-18(16,17)8-3-4-12-9(11)6-8/h3-6H,1-2H3,(H,13,14). The van der Waals surface area contributed by atoms with Gasteiger partial charge in [0.1, 0.15) is 5.15 Å². The van der Waals surface area contributed by atoms with Gasteiger partial charge in [-0.2, -0.15) is 5.10 Å². The van der Waals surface area contributed by atoms with Gasteiger partial charge in [-0.25, -0.2) is 13.4 Å². The second-order valence-corrected chi connectivity index (χ2v) is 5.78. The van der Waals surface area contributed by atoms with Crippen molar-refractivity contribution < 1.29 is 8.42 Å². The second kappa shape index (κ2) is 4.58. The molecule has 0 bridgehead atoms. The van der Waals surface area contributed by atoms with Gasteiger partial charge in [0.15, 0.2) is 5.82 Å². The maximum atomic E-state index is 12.0. The van der Waals surface area contributed by atoms with Gasteiger partial charge in [-0.3, -0.25) is 9.40 Å². The molecule has 0 aliphatic carbocycles. The summed E-state index contributed by atoms with van der Waals surface area (Å²) in [6.45, 7) is 1.83. The van der Waals surface area contributed by atoms with Gasteiger partial charge >= 0.3 is 0 Å². The number of anilines is 1. The molecule has 2 rings (SSSR count). The maximum absolute atomic E-state index is 12.0. The molecule has 96 valence electrons. The van der Waals surface area contributed by atoms with Gasteiger partial charge in [-0.15, -0.1) is 0 Å². The van der Waals surface area contributed by atoms with E-state index in [0.29, 0.717) is 0 Å². The van der Waals surface area contributed by atoms with E-state index in [1.165, 1.54) is 18.3 Å². The number of aromatic nitrogens is 3. The lowest BCUT2D eigenvalue weighted by Crippen LogP contribution is -2.13. The zero-order chi connectivity index (χ0) is 13.3. The van der Waals surface area contributed by atoms with Crippen molar-refractivity contribution in [1.29, 1.82) is 0 Å². The molecule has 0 aromatic carbocycles. The Bertz CT molecular complexity index is 661. The van der Waals surface area contributed by atoms with E-state index in [4.69, 9.17) is 11.6 Å². The van der Waals surface area contributed by atoms with Crippen LogP contribution in [-0.2, 0) is 17.1 Å². The Balaban J connectivity index is 2.33. The molecular formula is C10H11ClN4O2S. The first-order chi connectivity index (χ1) is 8.38. The fourth-order valence-corrected chi connectivity index (χ4v) is 2.60. The highest BCUT2D eigenvalue weighted by Crippen LogP contribution is 2.17. The second-order valence-electron chi connectivity index (χ2n) is 3.71. The van der Waals surface area contributed by atoms with Crippen LogP contribution < -0.4 is 4.72 Å². The van der Waals surface area contributed by atoms with Crippen molar-refractivity contribution in [2.45, 2.75) is 11.8 Å². The topological polar surface area (TPSA) is 76.9 Å². The Labute approximate surface area is 110 Å². The predicted molar refractivity (Wildman–Crippen MR) is 68.0 cm³/mol. The molecule has 0 radical (unpaired) electrons. The van der Waals surface area contributed by atoms with Gasteiger partial charge in [0.05, 0.1) is 4.90 Å². The lowest BCUT2D eigenvalue weighted by molar-refractivity contribution is 0.600. The highest BCUT2D eigenvalue weighted by molar-refractivity contribution is 7.92. The zero-order valence-corrected chi connectivity index (χ0v) is 11.3. The van der Waals surface area contributed by atoms with E-state index in [1.807, 2.05) is 6.92 Å². The molecule has 0 aliphatic rings. The lowest BCUT2D eigenvalue weighted by atomic mass is 10.5. The van der Waals surface area contributed by atoms with E-state index in [1.54, 1.807) is 17.8 Å². The maximum Gasteiger partial charge on any atom is 0.263 e. The Kier molecular flexibility index (Phi) is 3.27. The van der Waals surface area contributed by atoms with E-state index >= 15 is 0 Å². The molecule has 0 unspecified atom stereocenters. The van der Waals surface area contributed by atoms with Crippen molar-refractivity contribution in [2.75, 3.05) is 4.72 Å². The van der Waals surface area contributed by atoms with E-state index in [-0.39, 0.29) is 15.9 Å². The van der Waals surface area contributed by atoms with E-state index in [0.717, 1.165) is 5.69 Å². The molecule has 0 aliphatic heterocycles. The Morgan fingerprint density at radius 2 is 2.11 bits per heavy atom. The summed E-state index contributed by atoms with van der Waals surface area (Å²) < 4.78 is 28.0. The molecule has 0 fully saturated rings. The number of halogens is 1. The van der Waals surface area contributed by atoms with Crippen molar-refractivity contribution in [1.82, 2.24) is 14.8 Å². The van der Waals surface area contributed by atoms with Crippen molar-refractivity contribution in [3.8, 4) is 0 Å². The quantitative estimate of drug-likeness (QED) is 0.869. The summed E-state index contributed by atoms with van der Waals surface area (Å²) in [4.78, 5) is 3.78. The first-order valence-corrected chi connectivity index (χ1v) is 6.89. The van der Waals surface area contributed by atoms with Crippen molar-refractivity contribution in [2.24, 2.45) is 7.05 Å². The zero-order valence-electron chi connectivity index (χ0n) is 9.75. The number of hydrogen-bond acceptors (Lipinski definition) is 4. The molecule has 2 aromatic rings. The smallest absolute Gasteiger partial charge is 0.263 e. The number of nitrogens with one attached hydrogen (secondary N) is 1. The van der Waals surface area contributed by atoms with Crippen molar-refractivity contribution >= 4 is 27.4 Å². The monoisotopic (exact) mass is 286 g/mol. The summed E-state index contributed by atoms with van der Waals surface area (Å²) in [7, 11) is -1.96. The first-order valence-electron chi connectivity index (χ1n) is 5.03. The first kappa shape index (κ1) is 12.8. The average molecular weight is 287 g/mol. The van der Waals surface area contributed by atoms with Gasteiger partial charge in [0, 0.05) is 25.0 Å². The predicted octanol–water partition coefficient (Wildman–Crippen LogP) is 1.58. The molecule has 18 heavy (non-hydrogen) atoms. The summed E-state index contributed by atoms with van der Waals surface area (Å²) in [5, 5.41) is 4.14. The highest BCUT2D eigenvalue weighted by Gasteiger charge is 2.16. The van der Waals surface area contributed by atoms with Crippen LogP contribution >= 0.6 is 11.6 Å². The number of rotatable bonds is 3. The summed E-state index contributed by atoms with van der Waals surface area (Å²) in [5.74, 6) is 0.267. The Morgan fingerprint density at radius 1 is 1.39 bits per heavy atom. The molecule has 8 heteroatoms. The minimum atomic E-state index is -3.69. The van der Waals surface area contributed by atoms with Crippen LogP contribution in [0.3, 0.4) is 0 Å². The third-order valence-corrected chi connectivity index (χ3v) is 3.92. The van der Waals surface area contributed by atoms with Gasteiger partial charge < -0.3 is 0 Å². The molecule has 0 spiro atoms. The van der Waals surface area contributed by atoms with E-state index in [2.05, 4.69) is 14.8 Å². The molecule has 0 saturated carbocycles. The fraction of sp³-hybridized carbons (Fsp3) is 0.200. The molecule has 0 atom stereocenters. The van der Waals surface area contributed by atoms with Crippen LogP contribution in [-0.4, -0.2) is 23.2 Å². The Morgan fingerprint density at radius 3 is 2.67 bits per heavy atom. The highest BCUT2D eigenvalue weighted by atomic mass is 35.5. The van der Waals surface area contributed by atoms with Crippen LogP contribution in [0.15, 0.2) is 29.3 Å². The fourth-order valence-electron chi connectivity index (χ4n) is 1.36. The molecule has 6 nitrogen and oxygen atoms in total. The van der Waals surface area contributed by atoms with Crippen LogP contribution in [0.25, 0.3) is 0 Å². The lowest BCUT2D eigenvalue weighted by Gasteiger charge is -2.04. The van der Waals surface area contributed by atoms with Crippen LogP contribution in [0.4, 0.5) is 5.82 Å². The molecule has 1 N–H and O–H groups in total. The van der Waals surface area contributed by atoms with Crippen LogP contribution in [0.2, 0.25) is 5.15 Å². The van der Waals surface area contributed by atoms with E-state index < -0.39 is 10.0 Å². The average Bonchev–Trinajstić information content (AvgIpc) is 2.57. The van der Waals surface area contributed by atoms with Crippen molar-refractivity contribution in [3.05, 3.63) is 35.2 Å². The summed E-state index contributed by atoms with van der Waals surface area (Å²) in [6.07, 6.45) is 1.33. The minimum Gasteiger partial charge on any atom is -0.271 e. The van der Waals surface area contributed by atoms with E-state index in [9.17, 15) is 8.42 Å². The van der Waals surface area contributed by atoms with Gasteiger partial charge in [-0.05, 0) is 19.1 Å². The summed E-state index contributed by atoms with van der Waals surface area (Å²) in [6, 6.07) is 4.28. The Hall–Kier alpha value is -1.60. The number of nitrogens with zero attached hydrogens (tertiary/aromatic N) is 3. The van der Waals surface area contributed by atoms with Gasteiger partial charge in [0.25, 0.3) is 10.0 Å². The molecule has 2 heterocycles. The molecule has 0 saturated heterocycles. The molecule has 2 aromatic heterocycles. The number of pyridine rings is 1. The molecule has 0 amide bonds. The number of aryl methyl sites for hydroxylation is 2. The van der Waals surface area contributed by atoms with Crippen LogP contribution in [0.1, 0.15) is 5.69 Å². The molecular weight excluding hydrogens is 276 g/mol.